The Morgan fingerprint density at radius 1 is 0.705 bits per heavy atom. The molecule has 2 aromatic rings. The van der Waals surface area contributed by atoms with Gasteiger partial charge in [-0.1, -0.05) is 59.7 Å². The number of esters is 1. The van der Waals surface area contributed by atoms with Crippen LogP contribution in [-0.2, 0) is 33.3 Å². The Morgan fingerprint density at radius 3 is 1.85 bits per heavy atom. The van der Waals surface area contributed by atoms with Crippen LogP contribution in [0, 0.1) is 0 Å². The summed E-state index contributed by atoms with van der Waals surface area (Å²) in [6.07, 6.45) is -1.18. The largest absolute Gasteiger partial charge is 0.464 e. The number of amides is 5. The van der Waals surface area contributed by atoms with E-state index in [0.29, 0.717) is 12.8 Å². The number of azo groups is 1. The summed E-state index contributed by atoms with van der Waals surface area (Å²) in [6, 6.07) is 14.6. The topological polar surface area (TPSA) is 234 Å². The molecule has 0 aromatic heterocycles. The molecule has 2 aromatic carbocycles. The van der Waals surface area contributed by atoms with Gasteiger partial charge in [0.25, 0.3) is 0 Å². The highest BCUT2D eigenvalue weighted by atomic mass is 16.6. The minimum Gasteiger partial charge on any atom is -0.464 e. The third-order valence-electron chi connectivity index (χ3n) is 8.19. The molecule has 0 radical (unpaired) electrons. The smallest absolute Gasteiger partial charge is 0.453 e. The molecule has 1 aliphatic carbocycles. The standard InChI is InChI=1S/C43H59N7O11/c1-41(2,3)59-37(53)45-24-16-15-22-32(47-38(54)58-26-31-29-20-13-11-18-27(29)28-19-12-14-21-30(28)31)34(51)46-33(35(52)57-10)23-17-25-44-36(48-39(55)60-42(4,5)6)49-50-40(56)61-43(7,8)9/h11-14,18-21,23,31-32H,15-17,22,24-26H2,1-10H3,(H,45,53)(H,46,51)(H,47,54)(H,44,48,55)/b33-23-,50-49?/t32-/m0/s1. The highest BCUT2D eigenvalue weighted by Crippen LogP contribution is 2.44. The lowest BCUT2D eigenvalue weighted by Gasteiger charge is -2.21. The summed E-state index contributed by atoms with van der Waals surface area (Å²) < 4.78 is 26.2. The van der Waals surface area contributed by atoms with Crippen LogP contribution in [0.5, 0.6) is 0 Å². The quantitative estimate of drug-likeness (QED) is 0.0277. The van der Waals surface area contributed by atoms with Crippen molar-refractivity contribution in [1.82, 2.24) is 21.3 Å². The lowest BCUT2D eigenvalue weighted by atomic mass is 9.98. The van der Waals surface area contributed by atoms with Crippen molar-refractivity contribution in [1.29, 1.82) is 0 Å². The van der Waals surface area contributed by atoms with Gasteiger partial charge in [-0.25, -0.2) is 24.0 Å². The van der Waals surface area contributed by atoms with Crippen LogP contribution in [-0.4, -0.2) is 91.9 Å². The van der Waals surface area contributed by atoms with Gasteiger partial charge in [-0.3, -0.25) is 4.79 Å². The second-order valence-electron chi connectivity index (χ2n) is 16.9. The van der Waals surface area contributed by atoms with Crippen molar-refractivity contribution in [2.24, 2.45) is 15.2 Å². The highest BCUT2D eigenvalue weighted by molar-refractivity contribution is 5.96. The normalized spacial score (nSPS) is 13.6. The van der Waals surface area contributed by atoms with E-state index in [-0.39, 0.29) is 50.1 Å². The van der Waals surface area contributed by atoms with Crippen molar-refractivity contribution in [2.45, 2.75) is 117 Å². The maximum absolute atomic E-state index is 13.8. The first kappa shape index (κ1) is 49.0. The van der Waals surface area contributed by atoms with E-state index >= 15 is 0 Å². The van der Waals surface area contributed by atoms with E-state index in [1.807, 2.05) is 48.5 Å². The van der Waals surface area contributed by atoms with E-state index in [0.717, 1.165) is 29.4 Å². The summed E-state index contributed by atoms with van der Waals surface area (Å²) >= 11 is 0. The number of hydrogen-bond donors (Lipinski definition) is 4. The lowest BCUT2D eigenvalue weighted by Crippen LogP contribution is -2.47. The number of fused-ring (bicyclic) bond motifs is 3. The summed E-state index contributed by atoms with van der Waals surface area (Å²) in [5, 5.41) is 17.7. The summed E-state index contributed by atoms with van der Waals surface area (Å²) in [7, 11) is 1.13. The maximum atomic E-state index is 13.8. The molecule has 4 N–H and O–H groups in total. The van der Waals surface area contributed by atoms with Crippen LogP contribution >= 0.6 is 0 Å². The first-order valence-corrected chi connectivity index (χ1v) is 19.9. The number of nitrogens with zero attached hydrogens (tertiary/aromatic N) is 3. The van der Waals surface area contributed by atoms with E-state index in [1.165, 1.54) is 6.08 Å². The number of aliphatic imine (C=N–C) groups is 1. The number of rotatable bonds is 14. The minimum absolute atomic E-state index is 0.00484. The zero-order chi connectivity index (χ0) is 45.4. The molecule has 18 nitrogen and oxygen atoms in total. The number of guanidine groups is 1. The van der Waals surface area contributed by atoms with Gasteiger partial charge in [0.15, 0.2) is 0 Å². The zero-order valence-corrected chi connectivity index (χ0v) is 36.6. The van der Waals surface area contributed by atoms with E-state index < -0.39 is 59.1 Å². The second-order valence-corrected chi connectivity index (χ2v) is 16.9. The molecule has 0 heterocycles. The zero-order valence-electron chi connectivity index (χ0n) is 36.6. The second kappa shape index (κ2) is 22.3. The monoisotopic (exact) mass is 849 g/mol. The highest BCUT2D eigenvalue weighted by Gasteiger charge is 2.30. The first-order valence-electron chi connectivity index (χ1n) is 19.9. The number of hydrogen-bond acceptors (Lipinski definition) is 11. The number of carbonyl (C=O) groups is 6. The first-order chi connectivity index (χ1) is 28.5. The Hall–Kier alpha value is -6.33. The molecule has 0 saturated carbocycles. The molecule has 0 aliphatic heterocycles. The van der Waals surface area contributed by atoms with Crippen LogP contribution in [0.15, 0.2) is 75.5 Å². The third-order valence-corrected chi connectivity index (χ3v) is 8.19. The summed E-state index contributed by atoms with van der Waals surface area (Å²) in [5.41, 5.74) is 1.48. The molecule has 332 valence electrons. The Kier molecular flexibility index (Phi) is 17.9. The third kappa shape index (κ3) is 17.8. The molecule has 1 atom stereocenters. The van der Waals surface area contributed by atoms with Gasteiger partial charge in [0, 0.05) is 19.0 Å². The Morgan fingerprint density at radius 2 is 1.28 bits per heavy atom. The van der Waals surface area contributed by atoms with Gasteiger partial charge in [-0.05, 0) is 110 Å². The fourth-order valence-electron chi connectivity index (χ4n) is 5.78. The molecule has 18 heteroatoms. The molecule has 61 heavy (non-hydrogen) atoms. The minimum atomic E-state index is -1.18. The molecule has 0 unspecified atom stereocenters. The van der Waals surface area contributed by atoms with E-state index in [4.69, 9.17) is 23.7 Å². The molecular weight excluding hydrogens is 791 g/mol. The molecule has 3 rings (SSSR count). The van der Waals surface area contributed by atoms with Crippen molar-refractivity contribution in [3.8, 4) is 11.1 Å². The Labute approximate surface area is 356 Å². The van der Waals surface area contributed by atoms with Crippen LogP contribution in [0.1, 0.15) is 105 Å². The maximum Gasteiger partial charge on any atom is 0.453 e. The van der Waals surface area contributed by atoms with Crippen molar-refractivity contribution in [2.75, 3.05) is 26.8 Å². The van der Waals surface area contributed by atoms with Crippen molar-refractivity contribution in [3.63, 3.8) is 0 Å². The van der Waals surface area contributed by atoms with E-state index in [9.17, 15) is 28.8 Å². The lowest BCUT2D eigenvalue weighted by molar-refractivity contribution is -0.138. The Bertz CT molecular complexity index is 1930. The van der Waals surface area contributed by atoms with Gasteiger partial charge in [0.05, 0.1) is 7.11 Å². The van der Waals surface area contributed by atoms with Crippen LogP contribution in [0.4, 0.5) is 19.2 Å². The Balaban J connectivity index is 1.74. The molecule has 0 saturated heterocycles. The van der Waals surface area contributed by atoms with Crippen LogP contribution in [0.25, 0.3) is 11.1 Å². The van der Waals surface area contributed by atoms with Gasteiger partial charge in [0.2, 0.25) is 11.9 Å². The summed E-state index contributed by atoms with van der Waals surface area (Å²) in [4.78, 5) is 80.4. The molecule has 0 bridgehead atoms. The van der Waals surface area contributed by atoms with Crippen molar-refractivity contribution >= 4 is 42.2 Å². The number of ether oxygens (including phenoxy) is 5. The summed E-state index contributed by atoms with van der Waals surface area (Å²) in [5.74, 6) is -2.23. The predicted octanol–water partition coefficient (Wildman–Crippen LogP) is 7.42. The molecular formula is C43H59N7O11. The van der Waals surface area contributed by atoms with Gasteiger partial charge in [-0.2, -0.15) is 0 Å². The number of methoxy groups -OCH3 is 1. The van der Waals surface area contributed by atoms with Crippen molar-refractivity contribution < 1.29 is 52.5 Å². The molecule has 5 amide bonds. The van der Waals surface area contributed by atoms with Gasteiger partial charge >= 0.3 is 30.3 Å². The fourth-order valence-corrected chi connectivity index (χ4v) is 5.78. The number of unbranched alkanes of at least 4 members (excludes halogenated alkanes) is 1. The number of nitrogens with one attached hydrogen (secondary N) is 4. The van der Waals surface area contributed by atoms with Gasteiger partial charge in [-0.15, -0.1) is 10.1 Å². The average molecular weight is 850 g/mol. The predicted molar refractivity (Wildman–Crippen MR) is 226 cm³/mol. The van der Waals surface area contributed by atoms with E-state index in [1.54, 1.807) is 62.3 Å². The van der Waals surface area contributed by atoms with Crippen LogP contribution in [0.3, 0.4) is 0 Å². The fraction of sp³-hybridized carbons (Fsp3) is 0.512. The average Bonchev–Trinajstić information content (AvgIpc) is 3.47. The molecule has 0 fully saturated rings. The SMILES string of the molecule is COC(=O)/C(=C/CCN/C(N=NC(=O)OC(C)(C)C)=N/C(=O)OC(C)(C)C)NC(=O)[C@H](CCCCNC(=O)OC(C)(C)C)NC(=O)OCC1c2ccccc2-c2ccccc21. The molecule has 1 aliphatic rings. The van der Waals surface area contributed by atoms with Crippen LogP contribution in [0.2, 0.25) is 0 Å². The summed E-state index contributed by atoms with van der Waals surface area (Å²) in [6.45, 7) is 15.3. The number of carbonyl (C=O) groups excluding carboxylic acids is 6. The molecule has 0 spiro atoms. The van der Waals surface area contributed by atoms with Gasteiger partial charge in [0.1, 0.15) is 35.1 Å². The van der Waals surface area contributed by atoms with E-state index in [2.05, 4.69) is 36.5 Å². The van der Waals surface area contributed by atoms with Gasteiger partial charge < -0.3 is 45.0 Å². The van der Waals surface area contributed by atoms with Crippen molar-refractivity contribution in [3.05, 3.63) is 71.4 Å². The van der Waals surface area contributed by atoms with Crippen LogP contribution < -0.4 is 21.3 Å². The number of benzene rings is 2. The number of alkyl carbamates (subject to hydrolysis) is 2.